The highest BCUT2D eigenvalue weighted by Gasteiger charge is 2.57. The van der Waals surface area contributed by atoms with Gasteiger partial charge in [-0.2, -0.15) is 5.26 Å². The summed E-state index contributed by atoms with van der Waals surface area (Å²) >= 11 is 0. The van der Waals surface area contributed by atoms with Crippen LogP contribution in [0, 0.1) is 28.1 Å². The Morgan fingerprint density at radius 2 is 2.11 bits per heavy atom. The zero-order valence-electron chi connectivity index (χ0n) is 16.9. The van der Waals surface area contributed by atoms with Crippen LogP contribution in [0.25, 0.3) is 0 Å². The summed E-state index contributed by atoms with van der Waals surface area (Å²) in [5.41, 5.74) is 5.22. The number of carbonyl (C=O) groups excluding carboxylic acids is 1. The topological polar surface area (TPSA) is 50.1 Å². The molecule has 0 radical (unpaired) electrons. The molecule has 3 aliphatic rings. The van der Waals surface area contributed by atoms with Gasteiger partial charge in [-0.05, 0) is 78.5 Å². The van der Waals surface area contributed by atoms with Crippen molar-refractivity contribution in [2.75, 3.05) is 0 Å². The van der Waals surface area contributed by atoms with E-state index in [4.69, 9.17) is 4.74 Å². The number of allylic oxidation sites excluding steroid dienone is 2. The van der Waals surface area contributed by atoms with Gasteiger partial charge in [-0.3, -0.25) is 4.79 Å². The summed E-state index contributed by atoms with van der Waals surface area (Å²) in [6.07, 6.45) is 8.48. The lowest BCUT2D eigenvalue weighted by Gasteiger charge is -2.56. The molecule has 4 rings (SSSR count). The number of hydrogen-bond acceptors (Lipinski definition) is 3. The molecule has 0 aromatic heterocycles. The van der Waals surface area contributed by atoms with E-state index in [1.165, 1.54) is 18.1 Å². The lowest BCUT2D eigenvalue weighted by molar-refractivity contribution is -0.131. The first-order valence-electron chi connectivity index (χ1n) is 10.3. The molecule has 3 heteroatoms. The van der Waals surface area contributed by atoms with Crippen LogP contribution in [0.5, 0.6) is 5.75 Å². The molecule has 0 spiro atoms. The van der Waals surface area contributed by atoms with Crippen molar-refractivity contribution in [1.29, 1.82) is 5.26 Å². The Bertz CT molecular complexity index is 877. The quantitative estimate of drug-likeness (QED) is 0.516. The number of carbonyl (C=O) groups is 1. The van der Waals surface area contributed by atoms with E-state index in [0.29, 0.717) is 11.8 Å². The van der Waals surface area contributed by atoms with E-state index >= 15 is 0 Å². The van der Waals surface area contributed by atoms with Gasteiger partial charge in [0.05, 0.1) is 6.07 Å². The molecule has 0 saturated heterocycles. The zero-order chi connectivity index (χ0) is 19.4. The molecular weight excluding hydrogens is 334 g/mol. The number of nitrogens with zero attached hydrogens (tertiary/aromatic N) is 1. The molecule has 0 heterocycles. The standard InChI is InChI=1S/C24H29NO2/c1-5-16-12-19-17(13-21(16)27-15(2)26)8-10-24(4)20(19)9-11-23(3)18(14-25)6-7-22(23)24/h6,12-13,20,22H,5,7-11H2,1-4H3/t20-,22?,23-,24-/m1/s1. The van der Waals surface area contributed by atoms with Crippen molar-refractivity contribution in [3.8, 4) is 11.8 Å². The number of fused-ring (bicyclic) bond motifs is 5. The van der Waals surface area contributed by atoms with Crippen molar-refractivity contribution in [3.63, 3.8) is 0 Å². The number of aryl methyl sites for hydroxylation is 2. The van der Waals surface area contributed by atoms with E-state index < -0.39 is 0 Å². The second kappa shape index (κ2) is 6.23. The molecule has 1 unspecified atom stereocenters. The van der Waals surface area contributed by atoms with Gasteiger partial charge in [-0.1, -0.05) is 32.9 Å². The molecule has 1 aromatic carbocycles. The van der Waals surface area contributed by atoms with Crippen molar-refractivity contribution >= 4 is 5.97 Å². The molecule has 1 aromatic rings. The van der Waals surface area contributed by atoms with Gasteiger partial charge in [-0.15, -0.1) is 0 Å². The zero-order valence-corrected chi connectivity index (χ0v) is 16.9. The van der Waals surface area contributed by atoms with Crippen molar-refractivity contribution < 1.29 is 9.53 Å². The largest absolute Gasteiger partial charge is 0.426 e. The van der Waals surface area contributed by atoms with Gasteiger partial charge in [0.2, 0.25) is 0 Å². The Morgan fingerprint density at radius 1 is 1.33 bits per heavy atom. The maximum absolute atomic E-state index is 11.5. The van der Waals surface area contributed by atoms with Gasteiger partial charge < -0.3 is 4.74 Å². The van der Waals surface area contributed by atoms with Gasteiger partial charge in [0.25, 0.3) is 0 Å². The molecule has 3 nitrogen and oxygen atoms in total. The number of esters is 1. The Kier molecular flexibility index (Phi) is 4.22. The van der Waals surface area contributed by atoms with Crippen LogP contribution >= 0.6 is 0 Å². The van der Waals surface area contributed by atoms with Gasteiger partial charge in [0.1, 0.15) is 5.75 Å². The van der Waals surface area contributed by atoms with Crippen LogP contribution in [0.4, 0.5) is 0 Å². The van der Waals surface area contributed by atoms with Crippen molar-refractivity contribution in [1.82, 2.24) is 0 Å². The summed E-state index contributed by atoms with van der Waals surface area (Å²) in [6.45, 7) is 8.37. The summed E-state index contributed by atoms with van der Waals surface area (Å²) < 4.78 is 5.49. The lowest BCUT2D eigenvalue weighted by atomic mass is 9.47. The van der Waals surface area contributed by atoms with Crippen molar-refractivity contribution in [2.24, 2.45) is 16.7 Å². The Labute approximate surface area is 162 Å². The molecule has 4 atom stereocenters. The fourth-order valence-corrected chi connectivity index (χ4v) is 6.43. The van der Waals surface area contributed by atoms with E-state index in [0.717, 1.165) is 55.4 Å². The Morgan fingerprint density at radius 3 is 2.78 bits per heavy atom. The molecule has 0 bridgehead atoms. The third-order valence-corrected chi connectivity index (χ3v) is 7.87. The first kappa shape index (κ1) is 18.3. The molecule has 0 aliphatic heterocycles. The van der Waals surface area contributed by atoms with Crippen LogP contribution in [-0.4, -0.2) is 5.97 Å². The number of ether oxygens (including phenoxy) is 1. The van der Waals surface area contributed by atoms with Gasteiger partial charge in [-0.25, -0.2) is 0 Å². The van der Waals surface area contributed by atoms with E-state index in [1.54, 1.807) is 0 Å². The molecule has 3 aliphatic carbocycles. The van der Waals surface area contributed by atoms with Crippen LogP contribution in [0.2, 0.25) is 0 Å². The number of benzene rings is 1. The summed E-state index contributed by atoms with van der Waals surface area (Å²) in [6, 6.07) is 6.93. The highest BCUT2D eigenvalue weighted by atomic mass is 16.5. The summed E-state index contributed by atoms with van der Waals surface area (Å²) in [5.74, 6) is 1.56. The van der Waals surface area contributed by atoms with Gasteiger partial charge in [0, 0.05) is 17.9 Å². The second-order valence-electron chi connectivity index (χ2n) is 9.14. The fourth-order valence-electron chi connectivity index (χ4n) is 6.43. The third-order valence-electron chi connectivity index (χ3n) is 7.87. The molecule has 1 fully saturated rings. The van der Waals surface area contributed by atoms with E-state index in [1.807, 2.05) is 0 Å². The lowest BCUT2D eigenvalue weighted by Crippen LogP contribution is -2.48. The van der Waals surface area contributed by atoms with Crippen molar-refractivity contribution in [2.45, 2.75) is 72.1 Å². The smallest absolute Gasteiger partial charge is 0.308 e. The van der Waals surface area contributed by atoms with Gasteiger partial charge in [0.15, 0.2) is 0 Å². The predicted octanol–water partition coefficient (Wildman–Crippen LogP) is 5.48. The normalized spacial score (nSPS) is 34.0. The summed E-state index contributed by atoms with van der Waals surface area (Å²) in [5, 5.41) is 9.62. The van der Waals surface area contributed by atoms with Crippen LogP contribution in [-0.2, 0) is 17.6 Å². The molecule has 0 amide bonds. The Hall–Kier alpha value is -2.08. The maximum Gasteiger partial charge on any atom is 0.308 e. The second-order valence-corrected chi connectivity index (χ2v) is 9.14. The minimum absolute atomic E-state index is 0.0444. The monoisotopic (exact) mass is 363 g/mol. The summed E-state index contributed by atoms with van der Waals surface area (Å²) in [7, 11) is 0. The number of rotatable bonds is 2. The first-order chi connectivity index (χ1) is 12.8. The number of hydrogen-bond donors (Lipinski definition) is 0. The minimum atomic E-state index is -0.250. The highest BCUT2D eigenvalue weighted by Crippen LogP contribution is 2.66. The Balaban J connectivity index is 1.75. The summed E-state index contributed by atoms with van der Waals surface area (Å²) in [4.78, 5) is 11.5. The predicted molar refractivity (Wildman–Crippen MR) is 105 cm³/mol. The molecular formula is C24H29NO2. The van der Waals surface area contributed by atoms with E-state index in [9.17, 15) is 10.1 Å². The van der Waals surface area contributed by atoms with Gasteiger partial charge >= 0.3 is 5.97 Å². The minimum Gasteiger partial charge on any atom is -0.426 e. The SMILES string of the molecule is CCc1cc2c(cc1OC(C)=O)CC[C@@]1(C)C3CC=C(C#N)[C@@]3(C)CC[C@H]21. The average Bonchev–Trinajstić information content (AvgIpc) is 2.98. The molecule has 1 saturated carbocycles. The molecule has 142 valence electrons. The van der Waals surface area contributed by atoms with Crippen LogP contribution in [0.15, 0.2) is 23.8 Å². The third kappa shape index (κ3) is 2.57. The van der Waals surface area contributed by atoms with Crippen LogP contribution < -0.4 is 4.74 Å². The number of nitriles is 1. The first-order valence-corrected chi connectivity index (χ1v) is 10.3. The molecule has 27 heavy (non-hydrogen) atoms. The van der Waals surface area contributed by atoms with Crippen LogP contribution in [0.1, 0.15) is 76.0 Å². The van der Waals surface area contributed by atoms with E-state index in [-0.39, 0.29) is 16.8 Å². The van der Waals surface area contributed by atoms with Crippen molar-refractivity contribution in [3.05, 3.63) is 40.5 Å². The average molecular weight is 364 g/mol. The fraction of sp³-hybridized carbons (Fsp3) is 0.583. The van der Waals surface area contributed by atoms with Crippen LogP contribution in [0.3, 0.4) is 0 Å². The highest BCUT2D eigenvalue weighted by molar-refractivity contribution is 5.70. The molecule has 0 N–H and O–H groups in total. The maximum atomic E-state index is 11.5. The van der Waals surface area contributed by atoms with E-state index in [2.05, 4.69) is 45.0 Å².